The van der Waals surface area contributed by atoms with Gasteiger partial charge in [0.1, 0.15) is 17.6 Å². The van der Waals surface area contributed by atoms with Gasteiger partial charge in [-0.15, -0.1) is 5.10 Å². The molecule has 4 aromatic rings. The fourth-order valence-electron chi connectivity index (χ4n) is 7.03. The Morgan fingerprint density at radius 1 is 1.04 bits per heavy atom. The highest BCUT2D eigenvalue weighted by Crippen LogP contribution is 2.32. The molecule has 10 nitrogen and oxygen atoms in total. The van der Waals surface area contributed by atoms with E-state index in [0.717, 1.165) is 74.3 Å². The number of amides is 1. The predicted octanol–water partition coefficient (Wildman–Crippen LogP) is 8.08. The van der Waals surface area contributed by atoms with E-state index < -0.39 is 0 Å². The minimum atomic E-state index is -0.312. The average Bonchev–Trinajstić information content (AvgIpc) is 3.80. The molecule has 1 aromatic heterocycles. The standard InChI is InChI=1S/C38H45Cl2N7O3/c1-4-50-20-19-47-35-8-6-5-7-33(35)42-37(47)21-26-13-16-46(17-14-26)18-15-29(27-9-11-31(39)32(40)23-27)25-45(2)38(48)30-22-28(10-12-36(30)49-3)34-24-41-44-43-34/h5-12,22-24,26,29,34H,4,13-21,25H2,1-3H3. The first-order valence-corrected chi connectivity index (χ1v) is 18.2. The molecule has 0 N–H and O–H groups in total. The molecule has 2 aliphatic rings. The normalized spacial score (nSPS) is 17.1. The minimum Gasteiger partial charge on any atom is -0.496 e. The number of nitrogens with zero attached hydrogens (tertiary/aromatic N) is 7. The molecule has 0 aliphatic carbocycles. The number of carbonyl (C=O) groups is 1. The van der Waals surface area contributed by atoms with Crippen LogP contribution < -0.4 is 4.74 Å². The molecule has 0 saturated carbocycles. The first-order valence-electron chi connectivity index (χ1n) is 17.4. The number of halogens is 2. The molecule has 264 valence electrons. The number of aromatic nitrogens is 2. The van der Waals surface area contributed by atoms with Crippen LogP contribution in [0.2, 0.25) is 10.0 Å². The largest absolute Gasteiger partial charge is 0.496 e. The van der Waals surface area contributed by atoms with E-state index in [1.54, 1.807) is 24.3 Å². The van der Waals surface area contributed by atoms with E-state index in [1.807, 2.05) is 44.3 Å². The lowest BCUT2D eigenvalue weighted by atomic mass is 9.91. The maximum Gasteiger partial charge on any atom is 0.257 e. The van der Waals surface area contributed by atoms with E-state index in [-0.39, 0.29) is 17.9 Å². The zero-order chi connectivity index (χ0) is 35.0. The second kappa shape index (κ2) is 16.9. The van der Waals surface area contributed by atoms with E-state index >= 15 is 0 Å². The predicted molar refractivity (Wildman–Crippen MR) is 199 cm³/mol. The van der Waals surface area contributed by atoms with Gasteiger partial charge in [-0.2, -0.15) is 5.11 Å². The number of rotatable bonds is 15. The van der Waals surface area contributed by atoms with Crippen LogP contribution >= 0.6 is 23.2 Å². The zero-order valence-corrected chi connectivity index (χ0v) is 30.5. The van der Waals surface area contributed by atoms with Gasteiger partial charge in [-0.3, -0.25) is 4.79 Å². The van der Waals surface area contributed by atoms with Crippen molar-refractivity contribution < 1.29 is 14.3 Å². The Morgan fingerprint density at radius 2 is 1.86 bits per heavy atom. The molecule has 50 heavy (non-hydrogen) atoms. The summed E-state index contributed by atoms with van der Waals surface area (Å²) in [4.78, 5) is 23.3. The summed E-state index contributed by atoms with van der Waals surface area (Å²) in [6, 6.07) is 19.4. The number of carbonyl (C=O) groups excluding carboxylic acids is 1. The maximum atomic E-state index is 13.9. The summed E-state index contributed by atoms with van der Waals surface area (Å²) in [5.74, 6) is 2.16. The van der Waals surface area contributed by atoms with Crippen LogP contribution in [0.5, 0.6) is 5.75 Å². The molecule has 2 aliphatic heterocycles. The van der Waals surface area contributed by atoms with E-state index in [9.17, 15) is 4.79 Å². The molecule has 1 amide bonds. The van der Waals surface area contributed by atoms with E-state index in [4.69, 9.17) is 37.7 Å². The van der Waals surface area contributed by atoms with Crippen LogP contribution in [-0.4, -0.2) is 85.0 Å². The van der Waals surface area contributed by atoms with Crippen LogP contribution in [0.1, 0.15) is 65.5 Å². The van der Waals surface area contributed by atoms with E-state index in [1.165, 1.54) is 5.52 Å². The number of benzene rings is 3. The molecule has 1 fully saturated rings. The number of hydrogen-bond donors (Lipinski definition) is 0. The highest BCUT2D eigenvalue weighted by molar-refractivity contribution is 6.42. The highest BCUT2D eigenvalue weighted by atomic mass is 35.5. The lowest BCUT2D eigenvalue weighted by Crippen LogP contribution is -2.37. The average molecular weight is 719 g/mol. The summed E-state index contributed by atoms with van der Waals surface area (Å²) in [5.41, 5.74) is 4.60. The van der Waals surface area contributed by atoms with Gasteiger partial charge in [0.2, 0.25) is 0 Å². The van der Waals surface area contributed by atoms with Crippen LogP contribution in [-0.2, 0) is 17.7 Å². The van der Waals surface area contributed by atoms with Gasteiger partial charge >= 0.3 is 0 Å². The summed E-state index contributed by atoms with van der Waals surface area (Å²) in [6.07, 6.45) is 5.72. The van der Waals surface area contributed by atoms with Crippen LogP contribution in [0.4, 0.5) is 0 Å². The molecule has 0 radical (unpaired) electrons. The number of para-hydroxylation sites is 2. The van der Waals surface area contributed by atoms with Gasteiger partial charge in [0, 0.05) is 39.1 Å². The molecule has 3 heterocycles. The molecule has 2 unspecified atom stereocenters. The van der Waals surface area contributed by atoms with Gasteiger partial charge in [-0.05, 0) is 104 Å². The second-order valence-electron chi connectivity index (χ2n) is 13.1. The number of likely N-dealkylation sites (tertiary alicyclic amines) is 1. The first-order chi connectivity index (χ1) is 24.3. The Hall–Kier alpha value is -3.83. The molecule has 3 aromatic carbocycles. The van der Waals surface area contributed by atoms with Gasteiger partial charge in [-0.1, -0.05) is 47.5 Å². The third-order valence-corrected chi connectivity index (χ3v) is 10.6. The van der Waals surface area contributed by atoms with E-state index in [0.29, 0.717) is 47.0 Å². The van der Waals surface area contributed by atoms with Crippen molar-refractivity contribution in [2.24, 2.45) is 21.4 Å². The summed E-state index contributed by atoms with van der Waals surface area (Å²) in [7, 11) is 3.41. The fraction of sp³-hybridized carbons (Fsp3) is 0.447. The summed E-state index contributed by atoms with van der Waals surface area (Å²) in [5, 5.41) is 12.7. The van der Waals surface area contributed by atoms with Crippen molar-refractivity contribution in [2.75, 3.05) is 53.6 Å². The van der Waals surface area contributed by atoms with Crippen molar-refractivity contribution in [1.29, 1.82) is 0 Å². The summed E-state index contributed by atoms with van der Waals surface area (Å²) in [6.45, 7) is 7.72. The second-order valence-corrected chi connectivity index (χ2v) is 13.9. The number of hydrogen-bond acceptors (Lipinski definition) is 8. The highest BCUT2D eigenvalue weighted by Gasteiger charge is 2.26. The number of fused-ring (bicyclic) bond motifs is 1. The minimum absolute atomic E-state index is 0.0478. The summed E-state index contributed by atoms with van der Waals surface area (Å²) < 4.78 is 13.6. The quantitative estimate of drug-likeness (QED) is 0.116. The van der Waals surface area contributed by atoms with Gasteiger partial charge in [0.15, 0.2) is 0 Å². The molecule has 0 spiro atoms. The Kier molecular flexibility index (Phi) is 12.2. The van der Waals surface area contributed by atoms with Crippen molar-refractivity contribution in [3.63, 3.8) is 0 Å². The van der Waals surface area contributed by atoms with Crippen LogP contribution in [0.25, 0.3) is 11.0 Å². The maximum absolute atomic E-state index is 13.9. The molecular weight excluding hydrogens is 673 g/mol. The van der Waals surface area contributed by atoms with Crippen LogP contribution in [0, 0.1) is 5.92 Å². The third kappa shape index (κ3) is 8.54. The first kappa shape index (κ1) is 36.0. The molecule has 12 heteroatoms. The molecule has 1 saturated heterocycles. The monoisotopic (exact) mass is 717 g/mol. The van der Waals surface area contributed by atoms with Gasteiger partial charge in [0.25, 0.3) is 5.91 Å². The van der Waals surface area contributed by atoms with E-state index in [2.05, 4.69) is 49.2 Å². The third-order valence-electron chi connectivity index (χ3n) is 9.86. The van der Waals surface area contributed by atoms with Gasteiger partial charge in [0.05, 0.1) is 46.6 Å². The Bertz CT molecular complexity index is 1820. The molecule has 6 rings (SSSR count). The van der Waals surface area contributed by atoms with Crippen molar-refractivity contribution in [1.82, 2.24) is 19.4 Å². The topological polar surface area (TPSA) is 96.9 Å². The van der Waals surface area contributed by atoms with Crippen molar-refractivity contribution in [3.8, 4) is 5.75 Å². The SMILES string of the molecule is CCOCCn1c(CC2CCN(CCC(CN(C)C(=O)c3cc(C4C=NN=N4)ccc3OC)c3ccc(Cl)c(Cl)c3)CC2)nc2ccccc21. The fourth-order valence-corrected chi connectivity index (χ4v) is 7.33. The van der Waals surface area contributed by atoms with Crippen LogP contribution in [0.3, 0.4) is 0 Å². The van der Waals surface area contributed by atoms with Crippen molar-refractivity contribution >= 4 is 46.4 Å². The number of imidazole rings is 1. The number of ether oxygens (including phenoxy) is 2. The molecule has 0 bridgehead atoms. The smallest absolute Gasteiger partial charge is 0.257 e. The van der Waals surface area contributed by atoms with Gasteiger partial charge < -0.3 is 23.8 Å². The Labute approximate surface area is 304 Å². The molecular formula is C38H45Cl2N7O3. The lowest BCUT2D eigenvalue weighted by Gasteiger charge is -2.33. The van der Waals surface area contributed by atoms with Crippen molar-refractivity contribution in [2.45, 2.75) is 51.1 Å². The summed E-state index contributed by atoms with van der Waals surface area (Å²) >= 11 is 12.8. The van der Waals surface area contributed by atoms with Crippen molar-refractivity contribution in [3.05, 3.63) is 93.2 Å². The Morgan fingerprint density at radius 3 is 2.60 bits per heavy atom. The molecule has 2 atom stereocenters. The number of methoxy groups -OCH3 is 1. The zero-order valence-electron chi connectivity index (χ0n) is 29.0. The number of likely N-dealkylation sites (N-methyl/N-ethyl adjacent to an activating group) is 1. The van der Waals surface area contributed by atoms with Gasteiger partial charge in [-0.25, -0.2) is 4.98 Å². The lowest BCUT2D eigenvalue weighted by molar-refractivity contribution is 0.0777. The number of piperidine rings is 1. The van der Waals surface area contributed by atoms with Crippen LogP contribution in [0.15, 0.2) is 76.1 Å². The Balaban J connectivity index is 1.10.